The third-order valence-electron chi connectivity index (χ3n) is 4.78. The lowest BCUT2D eigenvalue weighted by Crippen LogP contribution is -2.36. The van der Waals surface area contributed by atoms with Crippen LogP contribution in [0.3, 0.4) is 0 Å². The van der Waals surface area contributed by atoms with Crippen LogP contribution in [0.4, 0.5) is 0 Å². The topological polar surface area (TPSA) is 29.5 Å². The maximum absolute atomic E-state index is 13.3. The van der Waals surface area contributed by atoms with Crippen LogP contribution in [0.5, 0.6) is 5.75 Å². The molecule has 3 heteroatoms. The summed E-state index contributed by atoms with van der Waals surface area (Å²) in [6.07, 6.45) is 3.75. The van der Waals surface area contributed by atoms with Crippen LogP contribution >= 0.6 is 0 Å². The highest BCUT2D eigenvalue weighted by Crippen LogP contribution is 2.28. The van der Waals surface area contributed by atoms with Gasteiger partial charge in [-0.1, -0.05) is 48.9 Å². The van der Waals surface area contributed by atoms with Gasteiger partial charge in [0.15, 0.2) is 5.78 Å². The van der Waals surface area contributed by atoms with Crippen molar-refractivity contribution in [1.29, 1.82) is 0 Å². The maximum Gasteiger partial charge on any atom is 0.175 e. The standard InChI is InChI=1S/C21H25NO2/c1-24-20-13-7-6-12-18(20)21(23)19(17-10-4-2-5-11-17)16-22-14-8-3-9-15-22/h2,4-7,10-13,19H,3,8-9,14-16H2,1H3. The first-order valence-electron chi connectivity index (χ1n) is 8.74. The third kappa shape index (κ3) is 3.85. The summed E-state index contributed by atoms with van der Waals surface area (Å²) in [4.78, 5) is 15.7. The van der Waals surface area contributed by atoms with E-state index in [9.17, 15) is 4.79 Å². The molecule has 1 saturated heterocycles. The van der Waals surface area contributed by atoms with Crippen molar-refractivity contribution >= 4 is 5.78 Å². The Bertz CT molecular complexity index is 663. The summed E-state index contributed by atoms with van der Waals surface area (Å²) in [5.41, 5.74) is 1.75. The van der Waals surface area contributed by atoms with Gasteiger partial charge in [-0.2, -0.15) is 0 Å². The lowest BCUT2D eigenvalue weighted by molar-refractivity contribution is 0.0922. The number of likely N-dealkylation sites (tertiary alicyclic amines) is 1. The van der Waals surface area contributed by atoms with Crippen LogP contribution in [-0.2, 0) is 0 Å². The Kier molecular flexibility index (Phi) is 5.65. The lowest BCUT2D eigenvalue weighted by Gasteiger charge is -2.30. The number of hydrogen-bond acceptors (Lipinski definition) is 3. The fourth-order valence-corrected chi connectivity index (χ4v) is 3.46. The first-order chi connectivity index (χ1) is 11.8. The Balaban J connectivity index is 1.90. The minimum absolute atomic E-state index is 0.143. The Hall–Kier alpha value is -2.13. The number of Topliss-reactive ketones (excluding diaryl/α,β-unsaturated/α-hetero) is 1. The van der Waals surface area contributed by atoms with Crippen LogP contribution < -0.4 is 4.74 Å². The smallest absolute Gasteiger partial charge is 0.175 e. The fraction of sp³-hybridized carbons (Fsp3) is 0.381. The first kappa shape index (κ1) is 16.7. The van der Waals surface area contributed by atoms with Crippen molar-refractivity contribution in [1.82, 2.24) is 4.90 Å². The fourth-order valence-electron chi connectivity index (χ4n) is 3.46. The largest absolute Gasteiger partial charge is 0.496 e. The summed E-state index contributed by atoms with van der Waals surface area (Å²) in [6.45, 7) is 2.95. The molecule has 3 nitrogen and oxygen atoms in total. The van der Waals surface area contributed by atoms with Crippen LogP contribution in [0, 0.1) is 0 Å². The van der Waals surface area contributed by atoms with Gasteiger partial charge in [-0.15, -0.1) is 0 Å². The van der Waals surface area contributed by atoms with Gasteiger partial charge in [-0.25, -0.2) is 0 Å². The number of nitrogens with zero attached hydrogens (tertiary/aromatic N) is 1. The number of hydrogen-bond donors (Lipinski definition) is 0. The van der Waals surface area contributed by atoms with E-state index in [-0.39, 0.29) is 11.7 Å². The summed E-state index contributed by atoms with van der Waals surface area (Å²) in [5, 5.41) is 0. The minimum Gasteiger partial charge on any atom is -0.496 e. The SMILES string of the molecule is COc1ccccc1C(=O)C(CN1CCCCC1)c1ccccc1. The number of methoxy groups -OCH3 is 1. The predicted molar refractivity (Wildman–Crippen MR) is 96.8 cm³/mol. The van der Waals surface area contributed by atoms with E-state index in [1.165, 1.54) is 19.3 Å². The second kappa shape index (κ2) is 8.11. The highest BCUT2D eigenvalue weighted by Gasteiger charge is 2.27. The molecule has 0 N–H and O–H groups in total. The highest BCUT2D eigenvalue weighted by atomic mass is 16.5. The number of piperidine rings is 1. The summed E-state index contributed by atoms with van der Waals surface area (Å²) >= 11 is 0. The molecule has 1 aliphatic heterocycles. The molecule has 0 bridgehead atoms. The summed E-state index contributed by atoms with van der Waals surface area (Å²) in [6, 6.07) is 17.7. The molecule has 126 valence electrons. The van der Waals surface area contributed by atoms with Gasteiger partial charge in [-0.05, 0) is 43.6 Å². The van der Waals surface area contributed by atoms with E-state index in [1.807, 2.05) is 42.5 Å². The van der Waals surface area contributed by atoms with Gasteiger partial charge in [0.05, 0.1) is 18.6 Å². The van der Waals surface area contributed by atoms with Crippen molar-refractivity contribution < 1.29 is 9.53 Å². The van der Waals surface area contributed by atoms with Crippen molar-refractivity contribution in [3.05, 3.63) is 65.7 Å². The van der Waals surface area contributed by atoms with Crippen molar-refractivity contribution in [3.63, 3.8) is 0 Å². The number of carbonyl (C=O) groups excluding carboxylic acids is 1. The summed E-state index contributed by atoms with van der Waals surface area (Å²) in [7, 11) is 1.62. The number of ketones is 1. The van der Waals surface area contributed by atoms with Crippen LogP contribution in [0.25, 0.3) is 0 Å². The van der Waals surface area contributed by atoms with E-state index in [0.717, 1.165) is 25.2 Å². The van der Waals surface area contributed by atoms with E-state index >= 15 is 0 Å². The molecule has 2 aromatic rings. The number of carbonyl (C=O) groups is 1. The lowest BCUT2D eigenvalue weighted by atomic mass is 9.89. The van der Waals surface area contributed by atoms with Crippen molar-refractivity contribution in [2.24, 2.45) is 0 Å². The average molecular weight is 323 g/mol. The van der Waals surface area contributed by atoms with Gasteiger partial charge in [-0.3, -0.25) is 4.79 Å². The molecule has 1 atom stereocenters. The third-order valence-corrected chi connectivity index (χ3v) is 4.78. The Morgan fingerprint density at radius 2 is 1.67 bits per heavy atom. The van der Waals surface area contributed by atoms with Crippen molar-refractivity contribution in [2.75, 3.05) is 26.7 Å². The molecule has 1 unspecified atom stereocenters. The second-order valence-electron chi connectivity index (χ2n) is 6.39. The molecule has 0 spiro atoms. The van der Waals surface area contributed by atoms with Gasteiger partial charge in [0, 0.05) is 6.54 Å². The van der Waals surface area contributed by atoms with Gasteiger partial charge in [0.2, 0.25) is 0 Å². The highest BCUT2D eigenvalue weighted by molar-refractivity contribution is 6.03. The Morgan fingerprint density at radius 3 is 2.38 bits per heavy atom. The molecule has 0 radical (unpaired) electrons. The number of benzene rings is 2. The van der Waals surface area contributed by atoms with E-state index < -0.39 is 0 Å². The molecule has 0 aliphatic carbocycles. The van der Waals surface area contributed by atoms with Gasteiger partial charge in [0.1, 0.15) is 5.75 Å². The molecule has 0 saturated carbocycles. The van der Waals surface area contributed by atoms with E-state index in [4.69, 9.17) is 4.74 Å². The quantitative estimate of drug-likeness (QED) is 0.748. The molecule has 0 amide bonds. The molecule has 24 heavy (non-hydrogen) atoms. The zero-order valence-electron chi connectivity index (χ0n) is 14.3. The van der Waals surface area contributed by atoms with Crippen LogP contribution in [-0.4, -0.2) is 37.4 Å². The van der Waals surface area contributed by atoms with Crippen molar-refractivity contribution in [2.45, 2.75) is 25.2 Å². The maximum atomic E-state index is 13.3. The average Bonchev–Trinajstić information content (AvgIpc) is 2.67. The molecule has 1 heterocycles. The first-order valence-corrected chi connectivity index (χ1v) is 8.74. The molecule has 1 fully saturated rings. The van der Waals surface area contributed by atoms with Crippen LogP contribution in [0.1, 0.15) is 41.1 Å². The predicted octanol–water partition coefficient (Wildman–Crippen LogP) is 4.15. The summed E-state index contributed by atoms with van der Waals surface area (Å²) < 4.78 is 5.41. The van der Waals surface area contributed by atoms with Crippen LogP contribution in [0.2, 0.25) is 0 Å². The van der Waals surface area contributed by atoms with E-state index in [1.54, 1.807) is 7.11 Å². The van der Waals surface area contributed by atoms with Gasteiger partial charge in [0.25, 0.3) is 0 Å². The number of rotatable bonds is 6. The molecular formula is C21H25NO2. The summed E-state index contributed by atoms with van der Waals surface area (Å²) in [5.74, 6) is 0.645. The van der Waals surface area contributed by atoms with E-state index in [2.05, 4.69) is 17.0 Å². The zero-order valence-corrected chi connectivity index (χ0v) is 14.3. The molecule has 2 aromatic carbocycles. The Labute approximate surface area is 144 Å². The number of ether oxygens (including phenoxy) is 1. The van der Waals surface area contributed by atoms with Crippen molar-refractivity contribution in [3.8, 4) is 5.75 Å². The van der Waals surface area contributed by atoms with Crippen LogP contribution in [0.15, 0.2) is 54.6 Å². The zero-order chi connectivity index (χ0) is 16.8. The number of para-hydroxylation sites is 1. The Morgan fingerprint density at radius 1 is 1.00 bits per heavy atom. The van der Waals surface area contributed by atoms with E-state index in [0.29, 0.717) is 11.3 Å². The minimum atomic E-state index is -0.152. The molecular weight excluding hydrogens is 298 g/mol. The molecule has 1 aliphatic rings. The monoisotopic (exact) mass is 323 g/mol. The second-order valence-corrected chi connectivity index (χ2v) is 6.39. The molecule has 3 rings (SSSR count). The molecule has 0 aromatic heterocycles. The normalized spacial score (nSPS) is 16.5. The van der Waals surface area contributed by atoms with Gasteiger partial charge >= 0.3 is 0 Å². The van der Waals surface area contributed by atoms with Gasteiger partial charge < -0.3 is 9.64 Å².